The Morgan fingerprint density at radius 3 is 2.86 bits per heavy atom. The minimum Gasteiger partial charge on any atom is -0.469 e. The molecule has 1 aliphatic carbocycles. The number of hydrogen-bond acceptors (Lipinski definition) is 2. The molecule has 0 aliphatic heterocycles. The Labute approximate surface area is 83.7 Å². The Hall–Kier alpha value is -1.25. The maximum atomic E-state index is 11.8. The summed E-state index contributed by atoms with van der Waals surface area (Å²) in [5.74, 6) is 0.952. The van der Waals surface area contributed by atoms with E-state index in [-0.39, 0.29) is 5.91 Å². The molecule has 0 bridgehead atoms. The average molecular weight is 193 g/mol. The van der Waals surface area contributed by atoms with Gasteiger partial charge in [-0.25, -0.2) is 0 Å². The van der Waals surface area contributed by atoms with Gasteiger partial charge >= 0.3 is 0 Å². The van der Waals surface area contributed by atoms with E-state index >= 15 is 0 Å². The number of rotatable bonds is 3. The highest BCUT2D eigenvalue weighted by Crippen LogP contribution is 2.26. The van der Waals surface area contributed by atoms with Gasteiger partial charge in [0.2, 0.25) is 0 Å². The van der Waals surface area contributed by atoms with Crippen molar-refractivity contribution in [3.05, 3.63) is 23.7 Å². The molecule has 14 heavy (non-hydrogen) atoms. The van der Waals surface area contributed by atoms with Crippen molar-refractivity contribution >= 4 is 5.91 Å². The molecule has 0 N–H and O–H groups in total. The van der Waals surface area contributed by atoms with Crippen molar-refractivity contribution < 1.29 is 9.21 Å². The molecule has 1 aromatic heterocycles. The molecule has 1 saturated carbocycles. The first-order valence-electron chi connectivity index (χ1n) is 5.07. The third-order valence-corrected chi connectivity index (χ3v) is 2.66. The van der Waals surface area contributed by atoms with E-state index in [2.05, 4.69) is 0 Å². The minimum atomic E-state index is 0.0796. The van der Waals surface area contributed by atoms with E-state index in [1.54, 1.807) is 6.26 Å². The van der Waals surface area contributed by atoms with Gasteiger partial charge < -0.3 is 9.32 Å². The first-order chi connectivity index (χ1) is 6.72. The van der Waals surface area contributed by atoms with Gasteiger partial charge in [-0.15, -0.1) is 0 Å². The molecule has 0 saturated heterocycles. The Morgan fingerprint density at radius 1 is 1.64 bits per heavy atom. The fraction of sp³-hybridized carbons (Fsp3) is 0.545. The van der Waals surface area contributed by atoms with E-state index in [4.69, 9.17) is 4.42 Å². The van der Waals surface area contributed by atoms with Crippen LogP contribution in [0.5, 0.6) is 0 Å². The van der Waals surface area contributed by atoms with E-state index in [0.717, 1.165) is 25.0 Å². The number of carbonyl (C=O) groups excluding carboxylic acids is 1. The van der Waals surface area contributed by atoms with Gasteiger partial charge in [0.25, 0.3) is 5.91 Å². The normalized spacial score (nSPS) is 15.6. The molecule has 0 unspecified atom stereocenters. The van der Waals surface area contributed by atoms with Crippen LogP contribution < -0.4 is 0 Å². The second kappa shape index (κ2) is 3.48. The number of nitrogens with zero attached hydrogens (tertiary/aromatic N) is 1. The van der Waals surface area contributed by atoms with E-state index in [9.17, 15) is 4.79 Å². The molecule has 1 fully saturated rings. The number of aryl methyl sites for hydroxylation is 1. The van der Waals surface area contributed by atoms with Crippen molar-refractivity contribution in [1.29, 1.82) is 0 Å². The first kappa shape index (κ1) is 9.31. The highest BCUT2D eigenvalue weighted by atomic mass is 16.3. The fourth-order valence-electron chi connectivity index (χ4n) is 1.51. The molecule has 3 nitrogen and oxygen atoms in total. The van der Waals surface area contributed by atoms with Gasteiger partial charge in [-0.2, -0.15) is 0 Å². The summed E-state index contributed by atoms with van der Waals surface area (Å²) in [7, 11) is 1.86. The predicted octanol–water partition coefficient (Wildman–Crippen LogP) is 2.08. The predicted molar refractivity (Wildman–Crippen MR) is 53.2 cm³/mol. The highest BCUT2D eigenvalue weighted by molar-refractivity contribution is 5.94. The van der Waals surface area contributed by atoms with Crippen molar-refractivity contribution in [1.82, 2.24) is 4.90 Å². The molecule has 1 heterocycles. The zero-order valence-corrected chi connectivity index (χ0v) is 8.62. The molecule has 76 valence electrons. The topological polar surface area (TPSA) is 33.5 Å². The van der Waals surface area contributed by atoms with Crippen LogP contribution in [-0.2, 0) is 6.42 Å². The Bertz CT molecular complexity index is 339. The summed E-state index contributed by atoms with van der Waals surface area (Å²) in [6.07, 6.45) is 4.67. The summed E-state index contributed by atoms with van der Waals surface area (Å²) < 4.78 is 5.24. The Kier molecular flexibility index (Phi) is 2.32. The van der Waals surface area contributed by atoms with Gasteiger partial charge in [0.05, 0.1) is 5.56 Å². The van der Waals surface area contributed by atoms with Gasteiger partial charge in [-0.1, -0.05) is 6.92 Å². The lowest BCUT2D eigenvalue weighted by atomic mass is 10.2. The van der Waals surface area contributed by atoms with Crippen LogP contribution in [-0.4, -0.2) is 23.9 Å². The smallest absolute Gasteiger partial charge is 0.257 e. The zero-order valence-electron chi connectivity index (χ0n) is 8.62. The molecule has 0 aromatic carbocycles. The summed E-state index contributed by atoms with van der Waals surface area (Å²) in [5, 5.41) is 0. The van der Waals surface area contributed by atoms with Gasteiger partial charge in [0.1, 0.15) is 12.0 Å². The first-order valence-corrected chi connectivity index (χ1v) is 5.07. The maximum Gasteiger partial charge on any atom is 0.257 e. The highest BCUT2D eigenvalue weighted by Gasteiger charge is 2.30. The largest absolute Gasteiger partial charge is 0.469 e. The summed E-state index contributed by atoms with van der Waals surface area (Å²) in [5.41, 5.74) is 0.677. The molecule has 2 rings (SSSR count). The van der Waals surface area contributed by atoms with Gasteiger partial charge in [-0.05, 0) is 18.9 Å². The van der Waals surface area contributed by atoms with E-state index < -0.39 is 0 Å². The Morgan fingerprint density at radius 2 is 2.36 bits per heavy atom. The van der Waals surface area contributed by atoms with Crippen LogP contribution in [0.15, 0.2) is 16.7 Å². The molecule has 0 spiro atoms. The van der Waals surface area contributed by atoms with Crippen LogP contribution in [0.1, 0.15) is 35.9 Å². The molecule has 1 aromatic rings. The van der Waals surface area contributed by atoms with Crippen molar-refractivity contribution in [3.8, 4) is 0 Å². The number of hydrogen-bond donors (Lipinski definition) is 0. The van der Waals surface area contributed by atoms with Crippen LogP contribution in [0.3, 0.4) is 0 Å². The van der Waals surface area contributed by atoms with Crippen LogP contribution in [0, 0.1) is 0 Å². The molecule has 0 radical (unpaired) electrons. The quantitative estimate of drug-likeness (QED) is 0.736. The number of amides is 1. The maximum absolute atomic E-state index is 11.8. The third kappa shape index (κ3) is 1.67. The van der Waals surface area contributed by atoms with Gasteiger partial charge in [0.15, 0.2) is 0 Å². The third-order valence-electron chi connectivity index (χ3n) is 2.66. The number of furan rings is 1. The van der Waals surface area contributed by atoms with Crippen molar-refractivity contribution in [3.63, 3.8) is 0 Å². The standard InChI is InChI=1S/C11H15NO2/c1-3-10-6-8(7-14-10)11(13)12(2)9-4-5-9/h6-7,9H,3-5H2,1-2H3. The van der Waals surface area contributed by atoms with Crippen molar-refractivity contribution in [2.24, 2.45) is 0 Å². The SMILES string of the molecule is CCc1cc(C(=O)N(C)C2CC2)co1. The fourth-order valence-corrected chi connectivity index (χ4v) is 1.51. The molecule has 1 aliphatic rings. The lowest BCUT2D eigenvalue weighted by molar-refractivity contribution is 0.0784. The summed E-state index contributed by atoms with van der Waals surface area (Å²) >= 11 is 0. The van der Waals surface area contributed by atoms with E-state index in [1.165, 1.54) is 0 Å². The molecule has 0 atom stereocenters. The van der Waals surface area contributed by atoms with Crippen molar-refractivity contribution in [2.45, 2.75) is 32.2 Å². The molecule has 1 amide bonds. The monoisotopic (exact) mass is 193 g/mol. The second-order valence-corrected chi connectivity index (χ2v) is 3.80. The summed E-state index contributed by atoms with van der Waals surface area (Å²) in [4.78, 5) is 13.6. The van der Waals surface area contributed by atoms with Crippen LogP contribution in [0.25, 0.3) is 0 Å². The number of carbonyl (C=O) groups is 1. The Balaban J connectivity index is 2.09. The lowest BCUT2D eigenvalue weighted by Crippen LogP contribution is -2.28. The minimum absolute atomic E-state index is 0.0796. The van der Waals surface area contributed by atoms with E-state index in [0.29, 0.717) is 11.6 Å². The zero-order chi connectivity index (χ0) is 10.1. The lowest BCUT2D eigenvalue weighted by Gasteiger charge is -2.14. The average Bonchev–Trinajstić information content (AvgIpc) is 2.94. The van der Waals surface area contributed by atoms with Crippen LogP contribution in [0.4, 0.5) is 0 Å². The second-order valence-electron chi connectivity index (χ2n) is 3.80. The molecular weight excluding hydrogens is 178 g/mol. The summed E-state index contributed by atoms with van der Waals surface area (Å²) in [6, 6.07) is 2.30. The van der Waals surface area contributed by atoms with Gasteiger partial charge in [-0.3, -0.25) is 4.79 Å². The van der Waals surface area contributed by atoms with Crippen molar-refractivity contribution in [2.75, 3.05) is 7.05 Å². The molecular formula is C11H15NO2. The van der Waals surface area contributed by atoms with Gasteiger partial charge in [0, 0.05) is 19.5 Å². The van der Waals surface area contributed by atoms with E-state index in [1.807, 2.05) is 24.9 Å². The molecule has 3 heteroatoms. The van der Waals surface area contributed by atoms with Crippen LogP contribution >= 0.6 is 0 Å². The summed E-state index contributed by atoms with van der Waals surface area (Å²) in [6.45, 7) is 2.01. The van der Waals surface area contributed by atoms with Crippen LogP contribution in [0.2, 0.25) is 0 Å².